The molecule has 2 rings (SSSR count). The topological polar surface area (TPSA) is 89.1 Å². The molecule has 0 spiro atoms. The number of ketones is 2. The van der Waals surface area contributed by atoms with E-state index in [9.17, 15) is 14.4 Å². The Morgan fingerprint density at radius 1 is 1.25 bits per heavy atom. The van der Waals surface area contributed by atoms with Crippen LogP contribution in [0.3, 0.4) is 0 Å². The molecular weight excluding hydrogens is 332 g/mol. The summed E-state index contributed by atoms with van der Waals surface area (Å²) in [7, 11) is 0. The van der Waals surface area contributed by atoms with Gasteiger partial charge in [-0.25, -0.2) is 9.78 Å². The number of Topliss-reactive ketones (excluding diaryl/α,β-unsaturated/α-hetero) is 2. The minimum absolute atomic E-state index is 0.128. The van der Waals surface area contributed by atoms with Gasteiger partial charge in [-0.3, -0.25) is 9.59 Å². The first-order valence-corrected chi connectivity index (χ1v) is 7.67. The summed E-state index contributed by atoms with van der Waals surface area (Å²) in [6, 6.07) is 2.93. The molecule has 0 fully saturated rings. The van der Waals surface area contributed by atoms with Gasteiger partial charge in [0.1, 0.15) is 5.15 Å². The molecule has 6 nitrogen and oxygen atoms in total. The van der Waals surface area contributed by atoms with Crippen LogP contribution >= 0.6 is 11.6 Å². The predicted octanol–water partition coefficient (Wildman–Crippen LogP) is 3.31. The first-order valence-electron chi connectivity index (χ1n) is 7.29. The van der Waals surface area contributed by atoms with Crippen molar-refractivity contribution in [3.63, 3.8) is 0 Å². The van der Waals surface area contributed by atoms with Crippen LogP contribution in [0, 0.1) is 13.8 Å². The lowest BCUT2D eigenvalue weighted by atomic mass is 10.0. The standard InChI is InChI=1S/C17H17ClN2O4/c1-8-14(10(3)21)9(2)20-15(8)16(22)11(4)24-17(23)12-5-6-13(18)19-7-12/h5-7,11,20H,1-4H3/t11-/m1/s1. The summed E-state index contributed by atoms with van der Waals surface area (Å²) in [5, 5.41) is 0.255. The Labute approximate surface area is 144 Å². The number of hydrogen-bond acceptors (Lipinski definition) is 5. The van der Waals surface area contributed by atoms with Crippen molar-refractivity contribution >= 4 is 29.1 Å². The molecule has 0 amide bonds. The van der Waals surface area contributed by atoms with Crippen molar-refractivity contribution in [1.29, 1.82) is 0 Å². The van der Waals surface area contributed by atoms with Gasteiger partial charge in [0.05, 0.1) is 11.3 Å². The molecule has 0 unspecified atom stereocenters. The average Bonchev–Trinajstić information content (AvgIpc) is 2.81. The molecule has 1 atom stereocenters. The fraction of sp³-hybridized carbons (Fsp3) is 0.294. The maximum atomic E-state index is 12.5. The van der Waals surface area contributed by atoms with E-state index in [0.717, 1.165) is 0 Å². The van der Waals surface area contributed by atoms with Gasteiger partial charge in [-0.2, -0.15) is 0 Å². The predicted molar refractivity (Wildman–Crippen MR) is 88.7 cm³/mol. The second-order valence-electron chi connectivity index (χ2n) is 5.46. The third-order valence-corrected chi connectivity index (χ3v) is 3.88. The molecule has 0 saturated heterocycles. The van der Waals surface area contributed by atoms with Crippen molar-refractivity contribution in [1.82, 2.24) is 9.97 Å². The van der Waals surface area contributed by atoms with Gasteiger partial charge in [0.15, 0.2) is 11.9 Å². The van der Waals surface area contributed by atoms with Gasteiger partial charge in [-0.1, -0.05) is 11.6 Å². The Hall–Kier alpha value is -2.47. The molecule has 0 radical (unpaired) electrons. The number of pyridine rings is 1. The number of nitrogens with zero attached hydrogens (tertiary/aromatic N) is 1. The van der Waals surface area contributed by atoms with Crippen molar-refractivity contribution in [3.05, 3.63) is 51.6 Å². The molecule has 0 saturated carbocycles. The van der Waals surface area contributed by atoms with E-state index in [1.165, 1.54) is 32.2 Å². The number of aromatic nitrogens is 2. The highest BCUT2D eigenvalue weighted by Crippen LogP contribution is 2.20. The number of H-pyrrole nitrogens is 1. The summed E-state index contributed by atoms with van der Waals surface area (Å²) in [6.07, 6.45) is 0.268. The number of carbonyl (C=O) groups is 3. The molecule has 0 aromatic carbocycles. The van der Waals surface area contributed by atoms with Crippen molar-refractivity contribution in [3.8, 4) is 0 Å². The lowest BCUT2D eigenvalue weighted by molar-refractivity contribution is 0.0316. The van der Waals surface area contributed by atoms with E-state index in [0.29, 0.717) is 16.8 Å². The summed E-state index contributed by atoms with van der Waals surface area (Å²) in [5.74, 6) is -1.21. The molecule has 126 valence electrons. The van der Waals surface area contributed by atoms with Gasteiger partial charge in [0, 0.05) is 17.5 Å². The highest BCUT2D eigenvalue weighted by Gasteiger charge is 2.26. The molecule has 0 aliphatic rings. The smallest absolute Gasteiger partial charge is 0.340 e. The summed E-state index contributed by atoms with van der Waals surface area (Å²) < 4.78 is 5.18. The fourth-order valence-corrected chi connectivity index (χ4v) is 2.62. The van der Waals surface area contributed by atoms with Gasteiger partial charge in [0.25, 0.3) is 0 Å². The molecule has 2 aromatic heterocycles. The Morgan fingerprint density at radius 3 is 2.42 bits per heavy atom. The second kappa shape index (κ2) is 6.97. The second-order valence-corrected chi connectivity index (χ2v) is 5.85. The first-order chi connectivity index (χ1) is 11.2. The van der Waals surface area contributed by atoms with Gasteiger partial charge < -0.3 is 9.72 Å². The van der Waals surface area contributed by atoms with Crippen LogP contribution in [0.2, 0.25) is 5.15 Å². The van der Waals surface area contributed by atoms with E-state index in [4.69, 9.17) is 16.3 Å². The van der Waals surface area contributed by atoms with Crippen LogP contribution in [0.15, 0.2) is 18.3 Å². The van der Waals surface area contributed by atoms with Gasteiger partial charge in [0.2, 0.25) is 5.78 Å². The fourth-order valence-electron chi connectivity index (χ4n) is 2.51. The molecule has 2 aromatic rings. The van der Waals surface area contributed by atoms with Crippen LogP contribution in [0.4, 0.5) is 0 Å². The summed E-state index contributed by atoms with van der Waals surface area (Å²) in [6.45, 7) is 6.32. The number of halogens is 1. The van der Waals surface area contributed by atoms with Crippen LogP contribution in [0.25, 0.3) is 0 Å². The Balaban J connectivity index is 2.18. The third-order valence-electron chi connectivity index (χ3n) is 3.65. The SMILES string of the molecule is CC(=O)c1c(C)[nH]c(C(=O)[C@@H](C)OC(=O)c2ccc(Cl)nc2)c1C. The van der Waals surface area contributed by atoms with Crippen LogP contribution in [-0.2, 0) is 4.74 Å². The Kier molecular flexibility index (Phi) is 5.19. The molecule has 1 N–H and O–H groups in total. The minimum Gasteiger partial charge on any atom is -0.451 e. The number of aryl methyl sites for hydroxylation is 1. The molecular formula is C17H17ClN2O4. The lowest BCUT2D eigenvalue weighted by Crippen LogP contribution is -2.25. The van der Waals surface area contributed by atoms with Crippen LogP contribution in [0.5, 0.6) is 0 Å². The van der Waals surface area contributed by atoms with Crippen LogP contribution in [0.1, 0.15) is 56.3 Å². The van der Waals surface area contributed by atoms with Crippen molar-refractivity contribution in [2.75, 3.05) is 0 Å². The number of esters is 1. The number of ether oxygens (including phenoxy) is 1. The largest absolute Gasteiger partial charge is 0.451 e. The van der Waals surface area contributed by atoms with E-state index in [2.05, 4.69) is 9.97 Å². The Bertz CT molecular complexity index is 809. The third kappa shape index (κ3) is 3.54. The number of carbonyl (C=O) groups excluding carboxylic acids is 3. The average molecular weight is 349 g/mol. The van der Waals surface area contributed by atoms with Gasteiger partial charge in [-0.15, -0.1) is 0 Å². The minimum atomic E-state index is -1.01. The lowest BCUT2D eigenvalue weighted by Gasteiger charge is -2.12. The maximum Gasteiger partial charge on any atom is 0.340 e. The number of nitrogens with one attached hydrogen (secondary N) is 1. The van der Waals surface area contributed by atoms with Crippen LogP contribution in [-0.4, -0.2) is 33.6 Å². The highest BCUT2D eigenvalue weighted by molar-refractivity contribution is 6.29. The van der Waals surface area contributed by atoms with Gasteiger partial charge in [-0.05, 0) is 45.4 Å². The quantitative estimate of drug-likeness (QED) is 0.508. The Morgan fingerprint density at radius 2 is 1.92 bits per heavy atom. The number of aromatic amines is 1. The molecule has 7 heteroatoms. The van der Waals surface area contributed by atoms with Crippen molar-refractivity contribution < 1.29 is 19.1 Å². The zero-order valence-electron chi connectivity index (χ0n) is 13.8. The molecule has 0 aliphatic carbocycles. The zero-order chi connectivity index (χ0) is 18.0. The first kappa shape index (κ1) is 17.9. The molecule has 24 heavy (non-hydrogen) atoms. The van der Waals surface area contributed by atoms with E-state index in [1.807, 2.05) is 0 Å². The highest BCUT2D eigenvalue weighted by atomic mass is 35.5. The maximum absolute atomic E-state index is 12.5. The van der Waals surface area contributed by atoms with Crippen molar-refractivity contribution in [2.45, 2.75) is 33.8 Å². The molecule has 0 bridgehead atoms. The normalized spacial score (nSPS) is 11.9. The van der Waals surface area contributed by atoms with Crippen LogP contribution < -0.4 is 0 Å². The molecule has 2 heterocycles. The summed E-state index contributed by atoms with van der Waals surface area (Å²) in [5.41, 5.74) is 2.12. The monoisotopic (exact) mass is 348 g/mol. The number of rotatable bonds is 5. The van der Waals surface area contributed by atoms with Crippen molar-refractivity contribution in [2.24, 2.45) is 0 Å². The van der Waals surface area contributed by atoms with E-state index in [1.54, 1.807) is 13.8 Å². The number of hydrogen-bond donors (Lipinski definition) is 1. The summed E-state index contributed by atoms with van der Waals surface area (Å²) in [4.78, 5) is 42.9. The van der Waals surface area contributed by atoms with Gasteiger partial charge >= 0.3 is 5.97 Å². The van der Waals surface area contributed by atoms with E-state index < -0.39 is 17.9 Å². The van der Waals surface area contributed by atoms with E-state index in [-0.39, 0.29) is 22.2 Å². The van der Waals surface area contributed by atoms with E-state index >= 15 is 0 Å². The molecule has 0 aliphatic heterocycles. The zero-order valence-corrected chi connectivity index (χ0v) is 14.5. The summed E-state index contributed by atoms with van der Waals surface area (Å²) >= 11 is 5.66.